The van der Waals surface area contributed by atoms with E-state index in [0.29, 0.717) is 19.6 Å². The summed E-state index contributed by atoms with van der Waals surface area (Å²) in [7, 11) is 0. The minimum Gasteiger partial charge on any atom is -0.354 e. The highest BCUT2D eigenvalue weighted by Crippen LogP contribution is 2.39. The Balaban J connectivity index is 1.74. The molecule has 1 fully saturated rings. The van der Waals surface area contributed by atoms with Crippen molar-refractivity contribution in [3.05, 3.63) is 53.3 Å². The van der Waals surface area contributed by atoms with Crippen LogP contribution in [0.5, 0.6) is 0 Å². The Morgan fingerprint density at radius 1 is 1.27 bits per heavy atom. The Morgan fingerprint density at radius 3 is 2.69 bits per heavy atom. The molecule has 26 heavy (non-hydrogen) atoms. The molecule has 3 rings (SSSR count). The van der Waals surface area contributed by atoms with Crippen LogP contribution in [0.15, 0.2) is 36.5 Å². The molecule has 0 aliphatic carbocycles. The summed E-state index contributed by atoms with van der Waals surface area (Å²) in [6, 6.07) is 9.74. The molecule has 2 amide bonds. The first-order valence-electron chi connectivity index (χ1n) is 9.14. The predicted octanol–water partition coefficient (Wildman–Crippen LogP) is 2.23. The van der Waals surface area contributed by atoms with Gasteiger partial charge >= 0.3 is 0 Å². The van der Waals surface area contributed by atoms with Gasteiger partial charge < -0.3 is 10.2 Å². The van der Waals surface area contributed by atoms with Gasteiger partial charge in [-0.1, -0.05) is 24.3 Å². The SMILES string of the molecule is CCN1C(=O)C[C@@H](C(=O)NCCn2nccc2C)[C@@H]1c1ccccc1C. The van der Waals surface area contributed by atoms with Crippen molar-refractivity contribution >= 4 is 11.8 Å². The number of benzene rings is 1. The summed E-state index contributed by atoms with van der Waals surface area (Å²) in [5, 5.41) is 7.22. The van der Waals surface area contributed by atoms with E-state index in [-0.39, 0.29) is 30.2 Å². The highest BCUT2D eigenvalue weighted by Gasteiger charge is 2.44. The fourth-order valence-corrected chi connectivity index (χ4v) is 3.75. The number of nitrogens with zero attached hydrogens (tertiary/aromatic N) is 3. The number of hydrogen-bond acceptors (Lipinski definition) is 3. The molecule has 2 heterocycles. The molecule has 6 nitrogen and oxygen atoms in total. The van der Waals surface area contributed by atoms with Crippen LogP contribution >= 0.6 is 0 Å². The van der Waals surface area contributed by atoms with Gasteiger partial charge in [0.05, 0.1) is 18.5 Å². The molecule has 1 saturated heterocycles. The molecule has 0 saturated carbocycles. The zero-order valence-corrected chi connectivity index (χ0v) is 15.6. The lowest BCUT2D eigenvalue weighted by Gasteiger charge is -2.28. The molecule has 2 atom stereocenters. The van der Waals surface area contributed by atoms with Gasteiger partial charge in [0.25, 0.3) is 0 Å². The lowest BCUT2D eigenvalue weighted by molar-refractivity contribution is -0.129. The Morgan fingerprint density at radius 2 is 2.04 bits per heavy atom. The van der Waals surface area contributed by atoms with E-state index in [9.17, 15) is 9.59 Å². The maximum Gasteiger partial charge on any atom is 0.226 e. The average Bonchev–Trinajstić information content (AvgIpc) is 3.18. The van der Waals surface area contributed by atoms with Crippen LogP contribution in [0.4, 0.5) is 0 Å². The molecule has 1 aromatic carbocycles. The van der Waals surface area contributed by atoms with Gasteiger partial charge in [-0.25, -0.2) is 0 Å². The van der Waals surface area contributed by atoms with E-state index in [1.165, 1.54) is 0 Å². The molecular formula is C20H26N4O2. The summed E-state index contributed by atoms with van der Waals surface area (Å²) >= 11 is 0. The van der Waals surface area contributed by atoms with Crippen LogP contribution in [0, 0.1) is 19.8 Å². The molecule has 0 bridgehead atoms. The molecule has 0 unspecified atom stereocenters. The van der Waals surface area contributed by atoms with E-state index in [2.05, 4.69) is 10.4 Å². The second-order valence-electron chi connectivity index (χ2n) is 6.78. The summed E-state index contributed by atoms with van der Waals surface area (Å²) in [6.45, 7) is 7.70. The van der Waals surface area contributed by atoms with Crippen LogP contribution in [0.25, 0.3) is 0 Å². The van der Waals surface area contributed by atoms with Crippen LogP contribution in [0.2, 0.25) is 0 Å². The van der Waals surface area contributed by atoms with Crippen LogP contribution in [0.3, 0.4) is 0 Å². The summed E-state index contributed by atoms with van der Waals surface area (Å²) in [6.07, 6.45) is 2.01. The topological polar surface area (TPSA) is 67.2 Å². The zero-order valence-electron chi connectivity index (χ0n) is 15.6. The Hall–Kier alpha value is -2.63. The fraction of sp³-hybridized carbons (Fsp3) is 0.450. The second kappa shape index (κ2) is 7.72. The van der Waals surface area contributed by atoms with Gasteiger partial charge in [-0.3, -0.25) is 14.3 Å². The molecular weight excluding hydrogens is 328 g/mol. The number of hydrogen-bond donors (Lipinski definition) is 1. The van der Waals surface area contributed by atoms with Crippen molar-refractivity contribution in [1.29, 1.82) is 0 Å². The Bertz CT molecular complexity index is 799. The van der Waals surface area contributed by atoms with Gasteiger partial charge in [0.1, 0.15) is 0 Å². The molecule has 6 heteroatoms. The van der Waals surface area contributed by atoms with Crippen molar-refractivity contribution in [2.24, 2.45) is 5.92 Å². The van der Waals surface area contributed by atoms with E-state index in [1.54, 1.807) is 6.20 Å². The third-order valence-electron chi connectivity index (χ3n) is 5.17. The quantitative estimate of drug-likeness (QED) is 0.865. The van der Waals surface area contributed by atoms with Crippen molar-refractivity contribution in [2.75, 3.05) is 13.1 Å². The lowest BCUT2D eigenvalue weighted by Crippen LogP contribution is -2.37. The van der Waals surface area contributed by atoms with Crippen molar-refractivity contribution in [1.82, 2.24) is 20.0 Å². The van der Waals surface area contributed by atoms with Gasteiger partial charge in [0.2, 0.25) is 11.8 Å². The molecule has 2 aromatic rings. The van der Waals surface area contributed by atoms with Gasteiger partial charge in [-0.05, 0) is 38.0 Å². The van der Waals surface area contributed by atoms with Crippen LogP contribution in [-0.2, 0) is 16.1 Å². The molecule has 1 aromatic heterocycles. The number of likely N-dealkylation sites (tertiary alicyclic amines) is 1. The number of rotatable bonds is 6. The third kappa shape index (κ3) is 3.49. The fourth-order valence-electron chi connectivity index (χ4n) is 3.75. The summed E-state index contributed by atoms with van der Waals surface area (Å²) < 4.78 is 1.86. The largest absolute Gasteiger partial charge is 0.354 e. The van der Waals surface area contributed by atoms with Crippen LogP contribution < -0.4 is 5.32 Å². The first kappa shape index (κ1) is 18.2. The normalized spacial score (nSPS) is 19.8. The average molecular weight is 354 g/mol. The number of aryl methyl sites for hydroxylation is 2. The van der Waals surface area contributed by atoms with Crippen molar-refractivity contribution in [3.63, 3.8) is 0 Å². The van der Waals surface area contributed by atoms with Gasteiger partial charge in [0, 0.05) is 31.4 Å². The first-order valence-corrected chi connectivity index (χ1v) is 9.14. The number of carbonyl (C=O) groups excluding carboxylic acids is 2. The van der Waals surface area contributed by atoms with Crippen LogP contribution in [0.1, 0.15) is 36.2 Å². The minimum atomic E-state index is -0.359. The predicted molar refractivity (Wildman–Crippen MR) is 99.4 cm³/mol. The van der Waals surface area contributed by atoms with E-state index in [0.717, 1.165) is 16.8 Å². The molecule has 1 N–H and O–H groups in total. The smallest absolute Gasteiger partial charge is 0.226 e. The van der Waals surface area contributed by atoms with Gasteiger partial charge in [0.15, 0.2) is 0 Å². The van der Waals surface area contributed by atoms with Crippen molar-refractivity contribution in [2.45, 2.75) is 39.8 Å². The molecule has 0 spiro atoms. The van der Waals surface area contributed by atoms with Gasteiger partial charge in [-0.15, -0.1) is 0 Å². The van der Waals surface area contributed by atoms with Crippen molar-refractivity contribution in [3.8, 4) is 0 Å². The number of carbonyl (C=O) groups is 2. The third-order valence-corrected chi connectivity index (χ3v) is 5.17. The first-order chi connectivity index (χ1) is 12.5. The number of amides is 2. The molecule has 138 valence electrons. The zero-order chi connectivity index (χ0) is 18.7. The standard InChI is InChI=1S/C20H26N4O2/c1-4-23-18(25)13-17(19(23)16-8-6-5-7-14(16)2)20(26)21-11-12-24-15(3)9-10-22-24/h5-10,17,19H,4,11-13H2,1-3H3,(H,21,26)/t17-,19+/m1/s1. The summed E-state index contributed by atoms with van der Waals surface area (Å²) in [4.78, 5) is 27.1. The monoisotopic (exact) mass is 354 g/mol. The Labute approximate surface area is 154 Å². The molecule has 1 aliphatic heterocycles. The van der Waals surface area contributed by atoms with E-state index in [1.807, 2.05) is 60.7 Å². The second-order valence-corrected chi connectivity index (χ2v) is 6.78. The lowest BCUT2D eigenvalue weighted by atomic mass is 9.90. The van der Waals surface area contributed by atoms with Crippen LogP contribution in [-0.4, -0.2) is 39.6 Å². The number of nitrogens with one attached hydrogen (secondary N) is 1. The molecule has 1 aliphatic rings. The van der Waals surface area contributed by atoms with E-state index >= 15 is 0 Å². The Kier molecular flexibility index (Phi) is 5.40. The minimum absolute atomic E-state index is 0.0452. The summed E-state index contributed by atoms with van der Waals surface area (Å²) in [5.74, 6) is -0.376. The van der Waals surface area contributed by atoms with Gasteiger partial charge in [-0.2, -0.15) is 5.10 Å². The van der Waals surface area contributed by atoms with Crippen molar-refractivity contribution < 1.29 is 9.59 Å². The maximum atomic E-state index is 12.8. The van der Waals surface area contributed by atoms with E-state index in [4.69, 9.17) is 0 Å². The highest BCUT2D eigenvalue weighted by molar-refractivity contribution is 5.90. The molecule has 0 radical (unpaired) electrons. The van der Waals surface area contributed by atoms with E-state index < -0.39 is 0 Å². The highest BCUT2D eigenvalue weighted by atomic mass is 16.2. The summed E-state index contributed by atoms with van der Waals surface area (Å²) in [5.41, 5.74) is 3.23. The number of aromatic nitrogens is 2. The maximum absolute atomic E-state index is 12.8.